The highest BCUT2D eigenvalue weighted by Gasteiger charge is 2.16. The van der Waals surface area contributed by atoms with E-state index in [9.17, 15) is 10.2 Å². The van der Waals surface area contributed by atoms with Crippen molar-refractivity contribution in [3.8, 4) is 0 Å². The highest BCUT2D eigenvalue weighted by molar-refractivity contribution is 5.64. The fraction of sp³-hybridized carbons (Fsp3) is 0.615. The fourth-order valence-electron chi connectivity index (χ4n) is 3.36. The highest BCUT2D eigenvalue weighted by atomic mass is 16.3. The van der Waals surface area contributed by atoms with Gasteiger partial charge in [-0.2, -0.15) is 0 Å². The number of unbranched alkanes of at least 4 members (excludes halogenated alkanes) is 2. The molecular weight excluding hydrogens is 376 g/mol. The lowest BCUT2D eigenvalue weighted by Gasteiger charge is -2.20. The number of aliphatic hydroxyl groups excluding tert-OH is 2. The molecule has 0 unspecified atom stereocenters. The van der Waals surface area contributed by atoms with E-state index in [0.717, 1.165) is 74.4 Å². The quantitative estimate of drug-likeness (QED) is 0.345. The summed E-state index contributed by atoms with van der Waals surface area (Å²) < 4.78 is 11.8. The van der Waals surface area contributed by atoms with Gasteiger partial charge in [-0.05, 0) is 72.9 Å². The Kier molecular flexibility index (Phi) is 9.44. The number of furan rings is 2. The molecule has 4 heteroatoms. The van der Waals surface area contributed by atoms with Crippen LogP contribution in [0.1, 0.15) is 89.3 Å². The minimum Gasteiger partial charge on any atom is -0.462 e. The van der Waals surface area contributed by atoms with Crippen LogP contribution >= 0.6 is 0 Å². The van der Waals surface area contributed by atoms with Gasteiger partial charge in [0.15, 0.2) is 0 Å². The van der Waals surface area contributed by atoms with Crippen molar-refractivity contribution in [3.05, 3.63) is 47.3 Å². The van der Waals surface area contributed by atoms with Gasteiger partial charge in [-0.3, -0.25) is 0 Å². The molecule has 0 saturated heterocycles. The Balaban J connectivity index is 1.72. The Morgan fingerprint density at radius 3 is 1.43 bits per heavy atom. The van der Waals surface area contributed by atoms with E-state index in [4.69, 9.17) is 8.83 Å². The number of hydrogen-bond donors (Lipinski definition) is 2. The molecule has 2 N–H and O–H groups in total. The fourth-order valence-corrected chi connectivity index (χ4v) is 3.36. The lowest BCUT2D eigenvalue weighted by Crippen LogP contribution is -2.16. The van der Waals surface area contributed by atoms with Gasteiger partial charge >= 0.3 is 0 Å². The average molecular weight is 417 g/mol. The Hall–Kier alpha value is -1.78. The molecule has 30 heavy (non-hydrogen) atoms. The van der Waals surface area contributed by atoms with Gasteiger partial charge in [0.2, 0.25) is 0 Å². The predicted octanol–water partition coefficient (Wildman–Crippen LogP) is 6.51. The van der Waals surface area contributed by atoms with Gasteiger partial charge in [0.1, 0.15) is 23.0 Å². The van der Waals surface area contributed by atoms with Crippen molar-refractivity contribution in [2.24, 2.45) is 10.8 Å². The summed E-state index contributed by atoms with van der Waals surface area (Å²) in [6, 6.07) is 8.07. The number of rotatable bonds is 14. The van der Waals surface area contributed by atoms with Gasteiger partial charge in [0.25, 0.3) is 0 Å². The summed E-state index contributed by atoms with van der Waals surface area (Å²) in [6.45, 7) is 8.86. The molecule has 2 rings (SSSR count). The number of hydrogen-bond acceptors (Lipinski definition) is 4. The Morgan fingerprint density at radius 2 is 1.07 bits per heavy atom. The van der Waals surface area contributed by atoms with E-state index in [2.05, 4.69) is 27.7 Å². The number of aliphatic hydroxyl groups is 2. The zero-order chi connectivity index (χ0) is 22.0. The van der Waals surface area contributed by atoms with E-state index in [-0.39, 0.29) is 24.0 Å². The monoisotopic (exact) mass is 416 g/mol. The third-order valence-corrected chi connectivity index (χ3v) is 5.69. The minimum atomic E-state index is 0.00890. The Labute approximate surface area is 182 Å². The number of aryl methyl sites for hydroxylation is 2. The molecule has 2 aromatic heterocycles. The first-order valence-electron chi connectivity index (χ1n) is 11.3. The second kappa shape index (κ2) is 11.6. The van der Waals surface area contributed by atoms with Gasteiger partial charge in [0.05, 0.1) is 0 Å². The van der Waals surface area contributed by atoms with Gasteiger partial charge in [0, 0.05) is 26.1 Å². The van der Waals surface area contributed by atoms with Crippen molar-refractivity contribution >= 4 is 12.2 Å². The Bertz CT molecular complexity index is 699. The van der Waals surface area contributed by atoms with Crippen molar-refractivity contribution < 1.29 is 19.0 Å². The van der Waals surface area contributed by atoms with Crippen LogP contribution in [0.4, 0.5) is 0 Å². The zero-order valence-electron chi connectivity index (χ0n) is 19.2. The first-order valence-corrected chi connectivity index (χ1v) is 11.3. The van der Waals surface area contributed by atoms with E-state index in [1.54, 1.807) is 0 Å². The molecule has 0 aromatic carbocycles. The molecule has 0 saturated carbocycles. The minimum absolute atomic E-state index is 0.00890. The van der Waals surface area contributed by atoms with Crippen LogP contribution in [0.25, 0.3) is 12.2 Å². The molecule has 0 bridgehead atoms. The molecule has 0 aliphatic carbocycles. The zero-order valence-corrected chi connectivity index (χ0v) is 19.2. The molecule has 0 atom stereocenters. The SMILES string of the molecule is CC(C)(CO)CCCCc1ccc(/C=C\c2ccc(CCCCC(C)(C)CO)o2)o1. The van der Waals surface area contributed by atoms with E-state index in [1.807, 2.05) is 36.4 Å². The van der Waals surface area contributed by atoms with Crippen molar-refractivity contribution in [1.82, 2.24) is 0 Å². The molecule has 2 aromatic rings. The summed E-state index contributed by atoms with van der Waals surface area (Å²) in [5, 5.41) is 18.6. The topological polar surface area (TPSA) is 66.7 Å². The maximum atomic E-state index is 9.32. The van der Waals surface area contributed by atoms with E-state index >= 15 is 0 Å². The van der Waals surface area contributed by atoms with Crippen molar-refractivity contribution in [1.29, 1.82) is 0 Å². The third kappa shape index (κ3) is 8.93. The van der Waals surface area contributed by atoms with Crippen LogP contribution in [-0.4, -0.2) is 23.4 Å². The molecule has 0 aliphatic rings. The summed E-state index contributed by atoms with van der Waals surface area (Å²) in [4.78, 5) is 0. The molecular formula is C26H40O4. The van der Waals surface area contributed by atoms with E-state index in [0.29, 0.717) is 0 Å². The first-order chi connectivity index (χ1) is 14.2. The molecule has 0 amide bonds. The molecule has 0 spiro atoms. The largest absolute Gasteiger partial charge is 0.462 e. The predicted molar refractivity (Wildman–Crippen MR) is 123 cm³/mol. The van der Waals surface area contributed by atoms with Gasteiger partial charge in [-0.25, -0.2) is 0 Å². The van der Waals surface area contributed by atoms with Crippen LogP contribution in [0.15, 0.2) is 33.1 Å². The van der Waals surface area contributed by atoms with Gasteiger partial charge < -0.3 is 19.0 Å². The van der Waals surface area contributed by atoms with Crippen molar-refractivity contribution in [2.45, 2.75) is 79.1 Å². The summed E-state index contributed by atoms with van der Waals surface area (Å²) in [5.74, 6) is 3.68. The maximum absolute atomic E-state index is 9.32. The smallest absolute Gasteiger partial charge is 0.127 e. The summed E-state index contributed by atoms with van der Waals surface area (Å²) >= 11 is 0. The molecule has 0 aliphatic heterocycles. The molecule has 0 radical (unpaired) electrons. The van der Waals surface area contributed by atoms with Gasteiger partial charge in [-0.1, -0.05) is 40.5 Å². The molecule has 4 nitrogen and oxygen atoms in total. The highest BCUT2D eigenvalue weighted by Crippen LogP contribution is 2.24. The van der Waals surface area contributed by atoms with Crippen molar-refractivity contribution in [3.63, 3.8) is 0 Å². The Morgan fingerprint density at radius 1 is 0.667 bits per heavy atom. The van der Waals surface area contributed by atoms with Crippen LogP contribution < -0.4 is 0 Å². The lowest BCUT2D eigenvalue weighted by molar-refractivity contribution is 0.147. The molecule has 2 heterocycles. The van der Waals surface area contributed by atoms with Crippen LogP contribution in [0, 0.1) is 10.8 Å². The third-order valence-electron chi connectivity index (χ3n) is 5.69. The summed E-state index contributed by atoms with van der Waals surface area (Å²) in [6.07, 6.45) is 12.1. The van der Waals surface area contributed by atoms with Crippen LogP contribution in [-0.2, 0) is 12.8 Å². The van der Waals surface area contributed by atoms with Crippen molar-refractivity contribution in [2.75, 3.05) is 13.2 Å². The summed E-state index contributed by atoms with van der Waals surface area (Å²) in [7, 11) is 0. The lowest BCUT2D eigenvalue weighted by atomic mass is 9.88. The normalized spacial score (nSPS) is 12.9. The molecule has 0 fully saturated rings. The standard InChI is InChI=1S/C26H40O4/c1-25(2,19-27)17-7-5-9-21-11-13-23(29-21)15-16-24-14-12-22(30-24)10-6-8-18-26(3,4)20-28/h11-16,27-28H,5-10,17-20H2,1-4H3/b16-15-. The second-order valence-corrected chi connectivity index (χ2v) is 10.0. The van der Waals surface area contributed by atoms with E-state index in [1.165, 1.54) is 0 Å². The molecule has 168 valence electrons. The maximum Gasteiger partial charge on any atom is 0.127 e. The van der Waals surface area contributed by atoms with Crippen LogP contribution in [0.2, 0.25) is 0 Å². The van der Waals surface area contributed by atoms with Crippen LogP contribution in [0.5, 0.6) is 0 Å². The van der Waals surface area contributed by atoms with Gasteiger partial charge in [-0.15, -0.1) is 0 Å². The average Bonchev–Trinajstić information content (AvgIpc) is 3.36. The summed E-state index contributed by atoms with van der Waals surface area (Å²) in [5.41, 5.74) is 0.0178. The first kappa shape index (κ1) is 24.5. The van der Waals surface area contributed by atoms with E-state index < -0.39 is 0 Å². The second-order valence-electron chi connectivity index (χ2n) is 10.0. The van der Waals surface area contributed by atoms with Crippen LogP contribution in [0.3, 0.4) is 0 Å².